The largest absolute Gasteiger partial charge is 0.496 e. The highest BCUT2D eigenvalue weighted by Gasteiger charge is 2.20. The minimum Gasteiger partial charge on any atom is -0.496 e. The molecule has 0 spiro atoms. The van der Waals surface area contributed by atoms with Crippen molar-refractivity contribution in [2.24, 2.45) is 0 Å². The summed E-state index contributed by atoms with van der Waals surface area (Å²) >= 11 is 0. The number of aromatic nitrogens is 1. The summed E-state index contributed by atoms with van der Waals surface area (Å²) in [7, 11) is 1.66. The van der Waals surface area contributed by atoms with Gasteiger partial charge in [0.05, 0.1) is 30.3 Å². The van der Waals surface area contributed by atoms with E-state index in [4.69, 9.17) is 15.2 Å². The number of benzene rings is 2. The van der Waals surface area contributed by atoms with E-state index >= 15 is 0 Å². The van der Waals surface area contributed by atoms with Gasteiger partial charge >= 0.3 is 5.97 Å². The molecule has 2 aromatic carbocycles. The van der Waals surface area contributed by atoms with Gasteiger partial charge in [0.15, 0.2) is 0 Å². The molecule has 0 saturated heterocycles. The maximum absolute atomic E-state index is 12.4. The molecule has 0 amide bonds. The fourth-order valence-corrected chi connectivity index (χ4v) is 3.67. The Labute approximate surface area is 150 Å². The molecule has 0 aliphatic heterocycles. The highest BCUT2D eigenvalue weighted by molar-refractivity contribution is 6.16. The third kappa shape index (κ3) is 2.20. The molecular weight excluding hydrogens is 328 g/mol. The molecule has 0 unspecified atom stereocenters. The van der Waals surface area contributed by atoms with E-state index < -0.39 is 0 Å². The third-order valence-electron chi connectivity index (χ3n) is 4.80. The second-order valence-electron chi connectivity index (χ2n) is 6.24. The van der Waals surface area contributed by atoms with Crippen molar-refractivity contribution in [3.8, 4) is 5.75 Å². The lowest BCUT2D eigenvalue weighted by molar-refractivity contribution is 0.0525. The SMILES string of the molecule is CCOC(=O)c1cc2c3cccc(OC)c3c3ccc(N)cc3n2c1C. The number of nitrogen functional groups attached to an aromatic ring is 1. The molecule has 0 aliphatic carbocycles. The molecule has 0 bridgehead atoms. The van der Waals surface area contributed by atoms with Crippen molar-refractivity contribution in [1.82, 2.24) is 4.40 Å². The van der Waals surface area contributed by atoms with Crippen LogP contribution in [0, 0.1) is 6.92 Å². The predicted octanol–water partition coefficient (Wildman–Crippen LogP) is 4.32. The summed E-state index contributed by atoms with van der Waals surface area (Å²) in [5, 5.41) is 3.04. The summed E-state index contributed by atoms with van der Waals surface area (Å²) in [6.45, 7) is 4.07. The summed E-state index contributed by atoms with van der Waals surface area (Å²) in [4.78, 5) is 12.4. The van der Waals surface area contributed by atoms with Crippen molar-refractivity contribution in [3.63, 3.8) is 0 Å². The van der Waals surface area contributed by atoms with Crippen LogP contribution in [0.5, 0.6) is 5.75 Å². The van der Waals surface area contributed by atoms with E-state index in [2.05, 4.69) is 4.40 Å². The van der Waals surface area contributed by atoms with E-state index in [1.165, 1.54) is 0 Å². The zero-order valence-electron chi connectivity index (χ0n) is 15.0. The van der Waals surface area contributed by atoms with Gasteiger partial charge in [-0.3, -0.25) is 0 Å². The van der Waals surface area contributed by atoms with Crippen LogP contribution in [-0.2, 0) is 4.74 Å². The smallest absolute Gasteiger partial charge is 0.339 e. The Morgan fingerprint density at radius 1 is 1.12 bits per heavy atom. The Morgan fingerprint density at radius 2 is 1.85 bits per heavy atom. The van der Waals surface area contributed by atoms with Crippen LogP contribution in [0.1, 0.15) is 23.0 Å². The molecular formula is C21H20N2O3. The number of esters is 1. The minimum absolute atomic E-state index is 0.318. The second kappa shape index (κ2) is 5.95. The van der Waals surface area contributed by atoms with Crippen LogP contribution in [-0.4, -0.2) is 24.1 Å². The first-order valence-electron chi connectivity index (χ1n) is 8.54. The summed E-state index contributed by atoms with van der Waals surface area (Å²) < 4.78 is 12.9. The first kappa shape index (κ1) is 16.3. The van der Waals surface area contributed by atoms with Crippen LogP contribution in [0.15, 0.2) is 42.5 Å². The van der Waals surface area contributed by atoms with Gasteiger partial charge in [-0.1, -0.05) is 18.2 Å². The number of nitrogens with zero attached hydrogens (tertiary/aromatic N) is 1. The number of pyridine rings is 1. The number of fused-ring (bicyclic) bond motifs is 6. The molecule has 4 rings (SSSR count). The lowest BCUT2D eigenvalue weighted by Crippen LogP contribution is -2.05. The van der Waals surface area contributed by atoms with Gasteiger partial charge in [-0.25, -0.2) is 4.79 Å². The molecule has 4 aromatic rings. The molecule has 0 saturated carbocycles. The van der Waals surface area contributed by atoms with E-state index in [9.17, 15) is 4.79 Å². The molecule has 2 N–H and O–H groups in total. The first-order valence-corrected chi connectivity index (χ1v) is 8.54. The van der Waals surface area contributed by atoms with E-state index in [1.807, 2.05) is 49.4 Å². The van der Waals surface area contributed by atoms with Crippen molar-refractivity contribution >= 4 is 38.8 Å². The normalized spacial score (nSPS) is 11.3. The number of ether oxygens (including phenoxy) is 2. The second-order valence-corrected chi connectivity index (χ2v) is 6.24. The molecule has 0 radical (unpaired) electrons. The molecule has 0 atom stereocenters. The van der Waals surface area contributed by atoms with Crippen LogP contribution in [0.4, 0.5) is 5.69 Å². The maximum atomic E-state index is 12.4. The molecule has 0 fully saturated rings. The van der Waals surface area contributed by atoms with Gasteiger partial charge in [0.2, 0.25) is 0 Å². The zero-order valence-corrected chi connectivity index (χ0v) is 15.0. The number of anilines is 1. The van der Waals surface area contributed by atoms with Gasteiger partial charge in [-0.15, -0.1) is 0 Å². The molecule has 26 heavy (non-hydrogen) atoms. The Bertz CT molecular complexity index is 1170. The van der Waals surface area contributed by atoms with Crippen molar-refractivity contribution in [3.05, 3.63) is 53.7 Å². The lowest BCUT2D eigenvalue weighted by Gasteiger charge is -2.13. The van der Waals surface area contributed by atoms with Crippen molar-refractivity contribution in [1.29, 1.82) is 0 Å². The third-order valence-corrected chi connectivity index (χ3v) is 4.80. The lowest BCUT2D eigenvalue weighted by atomic mass is 10.0. The number of carbonyl (C=O) groups is 1. The summed E-state index contributed by atoms with van der Waals surface area (Å²) in [5.74, 6) is 0.470. The van der Waals surface area contributed by atoms with Crippen molar-refractivity contribution in [2.45, 2.75) is 13.8 Å². The first-order chi connectivity index (χ1) is 12.6. The van der Waals surface area contributed by atoms with Gasteiger partial charge in [0.25, 0.3) is 0 Å². The van der Waals surface area contributed by atoms with Gasteiger partial charge in [0, 0.05) is 27.5 Å². The van der Waals surface area contributed by atoms with Crippen molar-refractivity contribution < 1.29 is 14.3 Å². The quantitative estimate of drug-likeness (QED) is 0.340. The average molecular weight is 348 g/mol. The fraction of sp³-hybridized carbons (Fsp3) is 0.190. The summed E-state index contributed by atoms with van der Waals surface area (Å²) in [6, 6.07) is 13.6. The predicted molar refractivity (Wildman–Crippen MR) is 104 cm³/mol. The average Bonchev–Trinajstić information content (AvgIpc) is 2.99. The summed E-state index contributed by atoms with van der Waals surface area (Å²) in [5.41, 5.74) is 9.98. The number of hydrogen-bond donors (Lipinski definition) is 1. The van der Waals surface area contributed by atoms with E-state index in [0.29, 0.717) is 17.9 Å². The van der Waals surface area contributed by atoms with Crippen LogP contribution in [0.2, 0.25) is 0 Å². The fourth-order valence-electron chi connectivity index (χ4n) is 3.67. The van der Waals surface area contributed by atoms with Gasteiger partial charge in [-0.05, 0) is 38.1 Å². The zero-order chi connectivity index (χ0) is 18.4. The van der Waals surface area contributed by atoms with Crippen LogP contribution >= 0.6 is 0 Å². The number of carbonyl (C=O) groups excluding carboxylic acids is 1. The number of rotatable bonds is 3. The van der Waals surface area contributed by atoms with Crippen LogP contribution < -0.4 is 10.5 Å². The summed E-state index contributed by atoms with van der Waals surface area (Å²) in [6.07, 6.45) is 0. The molecule has 2 aromatic heterocycles. The Balaban J connectivity index is 2.26. The van der Waals surface area contributed by atoms with E-state index in [-0.39, 0.29) is 5.97 Å². The number of methoxy groups -OCH3 is 1. The number of hydrogen-bond acceptors (Lipinski definition) is 4. The molecule has 5 heteroatoms. The van der Waals surface area contributed by atoms with Crippen LogP contribution in [0.25, 0.3) is 27.2 Å². The minimum atomic E-state index is -0.318. The monoisotopic (exact) mass is 348 g/mol. The number of aryl methyl sites for hydroxylation is 1. The van der Waals surface area contributed by atoms with Crippen LogP contribution in [0.3, 0.4) is 0 Å². The van der Waals surface area contributed by atoms with E-state index in [1.54, 1.807) is 14.0 Å². The highest BCUT2D eigenvalue weighted by Crippen LogP contribution is 2.38. The Hall–Kier alpha value is -3.21. The standard InChI is InChI=1S/C21H20N2O3/c1-4-26-21(24)16-11-18-14-6-5-7-19(25-3)20(14)15-9-8-13(22)10-17(15)23(18)12(16)2/h5-11H,4,22H2,1-3H3. The molecule has 0 aliphatic rings. The Kier molecular flexibility index (Phi) is 3.72. The maximum Gasteiger partial charge on any atom is 0.339 e. The topological polar surface area (TPSA) is 66.0 Å². The number of nitrogens with two attached hydrogens (primary N) is 1. The Morgan fingerprint density at radius 3 is 2.58 bits per heavy atom. The van der Waals surface area contributed by atoms with Crippen molar-refractivity contribution in [2.75, 3.05) is 19.5 Å². The molecule has 5 nitrogen and oxygen atoms in total. The van der Waals surface area contributed by atoms with E-state index in [0.717, 1.165) is 38.6 Å². The van der Waals surface area contributed by atoms with Gasteiger partial charge in [0.1, 0.15) is 5.75 Å². The molecule has 132 valence electrons. The molecule has 2 heterocycles. The van der Waals surface area contributed by atoms with Gasteiger partial charge < -0.3 is 19.6 Å². The highest BCUT2D eigenvalue weighted by atomic mass is 16.5. The van der Waals surface area contributed by atoms with Gasteiger partial charge in [-0.2, -0.15) is 0 Å².